The van der Waals surface area contributed by atoms with Crippen LogP contribution in [0.4, 0.5) is 0 Å². The first kappa shape index (κ1) is 13.6. The van der Waals surface area contributed by atoms with Gasteiger partial charge in [-0.3, -0.25) is 0 Å². The van der Waals surface area contributed by atoms with Crippen LogP contribution in [0.5, 0.6) is 0 Å². The molecule has 1 rings (SSSR count). The summed E-state index contributed by atoms with van der Waals surface area (Å²) >= 11 is 0. The van der Waals surface area contributed by atoms with Crippen molar-refractivity contribution in [2.75, 3.05) is 6.61 Å². The molecule has 1 heterocycles. The number of hydrogen-bond donors (Lipinski definition) is 1. The highest BCUT2D eigenvalue weighted by Gasteiger charge is 2.20. The fourth-order valence-corrected chi connectivity index (χ4v) is 1.47. The summed E-state index contributed by atoms with van der Waals surface area (Å²) in [6.45, 7) is 4.99. The number of aromatic nitrogens is 1. The van der Waals surface area contributed by atoms with Crippen molar-refractivity contribution >= 4 is 0 Å². The average Bonchev–Trinajstić information content (AvgIpc) is 2.39. The van der Waals surface area contributed by atoms with Crippen LogP contribution in [0.15, 0.2) is 18.3 Å². The van der Waals surface area contributed by atoms with Crippen molar-refractivity contribution in [1.82, 2.24) is 4.98 Å². The second-order valence-electron chi connectivity index (χ2n) is 4.19. The van der Waals surface area contributed by atoms with Crippen LogP contribution in [-0.4, -0.2) is 17.1 Å². The van der Waals surface area contributed by atoms with Crippen LogP contribution >= 0.6 is 0 Å². The number of nitrogens with two attached hydrogens (primary N) is 1. The Hall–Kier alpha value is -1.44. The van der Waals surface area contributed by atoms with Crippen LogP contribution in [0.2, 0.25) is 0 Å². The van der Waals surface area contributed by atoms with Gasteiger partial charge in [-0.15, -0.1) is 0 Å². The number of nitriles is 1. The van der Waals surface area contributed by atoms with Crippen molar-refractivity contribution in [2.45, 2.75) is 38.8 Å². The van der Waals surface area contributed by atoms with E-state index < -0.39 is 0 Å². The maximum Gasteiger partial charge on any atom is 0.145 e. The quantitative estimate of drug-likeness (QED) is 0.815. The van der Waals surface area contributed by atoms with Gasteiger partial charge in [-0.1, -0.05) is 19.9 Å². The predicted molar refractivity (Wildman–Crippen MR) is 66.1 cm³/mol. The first-order valence-corrected chi connectivity index (χ1v) is 5.86. The summed E-state index contributed by atoms with van der Waals surface area (Å²) in [4.78, 5) is 3.98. The van der Waals surface area contributed by atoms with Gasteiger partial charge in [0, 0.05) is 17.3 Å². The Morgan fingerprint density at radius 2 is 2.18 bits per heavy atom. The molecule has 0 saturated heterocycles. The standard InChI is InChI=1S/C13H19N3O/c1-3-13(15,4-2)10-17-9-11-6-5-7-16-12(11)8-14/h5-7H,3-4,9-10,15H2,1-2H3. The second-order valence-corrected chi connectivity index (χ2v) is 4.19. The zero-order chi connectivity index (χ0) is 12.7. The molecule has 0 aromatic carbocycles. The minimum Gasteiger partial charge on any atom is -0.375 e. The van der Waals surface area contributed by atoms with Crippen LogP contribution in [-0.2, 0) is 11.3 Å². The molecule has 0 aliphatic carbocycles. The van der Waals surface area contributed by atoms with Gasteiger partial charge in [-0.2, -0.15) is 5.26 Å². The van der Waals surface area contributed by atoms with Crippen LogP contribution in [0.3, 0.4) is 0 Å². The molecule has 1 aromatic heterocycles. The lowest BCUT2D eigenvalue weighted by molar-refractivity contribution is 0.0693. The van der Waals surface area contributed by atoms with Crippen molar-refractivity contribution in [2.24, 2.45) is 5.73 Å². The van der Waals surface area contributed by atoms with Crippen molar-refractivity contribution in [3.05, 3.63) is 29.6 Å². The third-order valence-electron chi connectivity index (χ3n) is 3.05. The van der Waals surface area contributed by atoms with E-state index in [2.05, 4.69) is 18.8 Å². The summed E-state index contributed by atoms with van der Waals surface area (Å²) in [7, 11) is 0. The second kappa shape index (κ2) is 6.33. The summed E-state index contributed by atoms with van der Waals surface area (Å²) in [6.07, 6.45) is 3.36. The molecule has 92 valence electrons. The highest BCUT2D eigenvalue weighted by atomic mass is 16.5. The Kier molecular flexibility index (Phi) is 5.08. The third kappa shape index (κ3) is 3.81. The lowest BCUT2D eigenvalue weighted by atomic mass is 9.96. The van der Waals surface area contributed by atoms with E-state index in [9.17, 15) is 0 Å². The van der Waals surface area contributed by atoms with Gasteiger partial charge in [-0.05, 0) is 18.9 Å². The number of ether oxygens (including phenoxy) is 1. The predicted octanol–water partition coefficient (Wildman–Crippen LogP) is 1.99. The molecule has 1 aromatic rings. The van der Waals surface area contributed by atoms with Crippen LogP contribution in [0.25, 0.3) is 0 Å². The molecule has 4 heteroatoms. The Morgan fingerprint density at radius 1 is 1.47 bits per heavy atom. The normalized spacial score (nSPS) is 11.2. The summed E-state index contributed by atoms with van der Waals surface area (Å²) in [5.41, 5.74) is 7.09. The van der Waals surface area contributed by atoms with E-state index in [0.29, 0.717) is 18.9 Å². The number of rotatable bonds is 6. The first-order valence-electron chi connectivity index (χ1n) is 5.86. The van der Waals surface area contributed by atoms with E-state index in [0.717, 1.165) is 18.4 Å². The third-order valence-corrected chi connectivity index (χ3v) is 3.05. The molecule has 4 nitrogen and oxygen atoms in total. The molecular weight excluding hydrogens is 214 g/mol. The monoisotopic (exact) mass is 233 g/mol. The largest absolute Gasteiger partial charge is 0.375 e. The van der Waals surface area contributed by atoms with Gasteiger partial charge in [0.1, 0.15) is 11.8 Å². The van der Waals surface area contributed by atoms with E-state index in [-0.39, 0.29) is 5.54 Å². The lowest BCUT2D eigenvalue weighted by Gasteiger charge is -2.26. The van der Waals surface area contributed by atoms with Gasteiger partial charge < -0.3 is 10.5 Å². The highest BCUT2D eigenvalue weighted by Crippen LogP contribution is 2.13. The van der Waals surface area contributed by atoms with E-state index in [4.69, 9.17) is 15.7 Å². The molecule has 0 aliphatic rings. The summed E-state index contributed by atoms with van der Waals surface area (Å²) in [6, 6.07) is 5.70. The molecule has 0 amide bonds. The number of pyridine rings is 1. The van der Waals surface area contributed by atoms with Gasteiger partial charge in [0.2, 0.25) is 0 Å². The minimum absolute atomic E-state index is 0.269. The Balaban J connectivity index is 2.54. The van der Waals surface area contributed by atoms with Crippen molar-refractivity contribution in [3.63, 3.8) is 0 Å². The maximum atomic E-state index is 8.88. The van der Waals surface area contributed by atoms with E-state index >= 15 is 0 Å². The molecular formula is C13H19N3O. The molecule has 0 fully saturated rings. The molecule has 0 saturated carbocycles. The molecule has 0 radical (unpaired) electrons. The fourth-order valence-electron chi connectivity index (χ4n) is 1.47. The Labute approximate surface area is 102 Å². The van der Waals surface area contributed by atoms with Gasteiger partial charge >= 0.3 is 0 Å². The first-order chi connectivity index (χ1) is 8.15. The fraction of sp³-hybridized carbons (Fsp3) is 0.538. The SMILES string of the molecule is CCC(N)(CC)COCc1cccnc1C#N. The molecule has 17 heavy (non-hydrogen) atoms. The molecule has 0 atom stereocenters. The van der Waals surface area contributed by atoms with Gasteiger partial charge in [0.05, 0.1) is 13.2 Å². The molecule has 0 bridgehead atoms. The van der Waals surface area contributed by atoms with Crippen LogP contribution < -0.4 is 5.73 Å². The Bertz CT molecular complexity index is 394. The van der Waals surface area contributed by atoms with E-state index in [1.807, 2.05) is 12.1 Å². The number of nitrogens with zero attached hydrogens (tertiary/aromatic N) is 2. The summed E-state index contributed by atoms with van der Waals surface area (Å²) in [5, 5.41) is 8.88. The van der Waals surface area contributed by atoms with Crippen molar-refractivity contribution in [3.8, 4) is 6.07 Å². The van der Waals surface area contributed by atoms with Gasteiger partial charge in [-0.25, -0.2) is 4.98 Å². The van der Waals surface area contributed by atoms with Crippen molar-refractivity contribution in [1.29, 1.82) is 5.26 Å². The van der Waals surface area contributed by atoms with Crippen LogP contribution in [0, 0.1) is 11.3 Å². The smallest absolute Gasteiger partial charge is 0.145 e. The highest BCUT2D eigenvalue weighted by molar-refractivity contribution is 5.29. The lowest BCUT2D eigenvalue weighted by Crippen LogP contribution is -2.43. The van der Waals surface area contributed by atoms with Crippen LogP contribution in [0.1, 0.15) is 37.9 Å². The van der Waals surface area contributed by atoms with Crippen molar-refractivity contribution < 1.29 is 4.74 Å². The molecule has 2 N–H and O–H groups in total. The molecule has 0 aliphatic heterocycles. The van der Waals surface area contributed by atoms with E-state index in [1.54, 1.807) is 12.3 Å². The maximum absolute atomic E-state index is 8.88. The van der Waals surface area contributed by atoms with Gasteiger partial charge in [0.15, 0.2) is 0 Å². The molecule has 0 spiro atoms. The zero-order valence-electron chi connectivity index (χ0n) is 10.4. The average molecular weight is 233 g/mol. The van der Waals surface area contributed by atoms with Gasteiger partial charge in [0.25, 0.3) is 0 Å². The summed E-state index contributed by atoms with van der Waals surface area (Å²) in [5.74, 6) is 0. The minimum atomic E-state index is -0.269. The Morgan fingerprint density at radius 3 is 2.76 bits per heavy atom. The number of hydrogen-bond acceptors (Lipinski definition) is 4. The zero-order valence-corrected chi connectivity index (χ0v) is 10.4. The topological polar surface area (TPSA) is 71.9 Å². The van der Waals surface area contributed by atoms with E-state index in [1.165, 1.54) is 0 Å². The molecule has 0 unspecified atom stereocenters. The summed E-state index contributed by atoms with van der Waals surface area (Å²) < 4.78 is 5.59.